The normalized spacial score (nSPS) is 14.4. The minimum atomic E-state index is -0.579. The van der Waals surface area contributed by atoms with Gasteiger partial charge in [-0.2, -0.15) is 0 Å². The lowest BCUT2D eigenvalue weighted by molar-refractivity contribution is -0.146. The Morgan fingerprint density at radius 3 is 2.23 bits per heavy atom. The lowest BCUT2D eigenvalue weighted by Gasteiger charge is -2.15. The van der Waals surface area contributed by atoms with Crippen molar-refractivity contribution < 1.29 is 23.6 Å². The van der Waals surface area contributed by atoms with E-state index in [1.54, 1.807) is 6.92 Å². The molecule has 1 N–H and O–H groups in total. The van der Waals surface area contributed by atoms with Crippen LogP contribution >= 0.6 is 0 Å². The van der Waals surface area contributed by atoms with Gasteiger partial charge in [0.1, 0.15) is 17.5 Å². The van der Waals surface area contributed by atoms with Gasteiger partial charge in [-0.3, -0.25) is 10.1 Å². The third-order valence-electron chi connectivity index (χ3n) is 7.22. The fraction of sp³-hybridized carbons (Fsp3) is 0.281. The van der Waals surface area contributed by atoms with Crippen LogP contribution in [0.4, 0.5) is 10.5 Å². The second kappa shape index (κ2) is 10.8. The van der Waals surface area contributed by atoms with Crippen molar-refractivity contribution in [2.75, 3.05) is 11.9 Å². The number of aryl methyl sites for hydroxylation is 2. The Morgan fingerprint density at radius 2 is 1.62 bits per heavy atom. The molecule has 0 aliphatic heterocycles. The first-order valence-corrected chi connectivity index (χ1v) is 13.2. The lowest BCUT2D eigenvalue weighted by Crippen LogP contribution is -2.23. The topological polar surface area (TPSA) is 90.7 Å². The van der Waals surface area contributed by atoms with Gasteiger partial charge in [0, 0.05) is 5.56 Å². The molecule has 0 unspecified atom stereocenters. The zero-order valence-electron chi connectivity index (χ0n) is 22.6. The third kappa shape index (κ3) is 5.43. The fourth-order valence-electron chi connectivity index (χ4n) is 4.80. The second-order valence-corrected chi connectivity index (χ2v) is 10.0. The molecular formula is C32H32N2O5. The van der Waals surface area contributed by atoms with Crippen molar-refractivity contribution in [1.29, 1.82) is 0 Å². The average Bonchev–Trinajstić information content (AvgIpc) is 3.68. The maximum absolute atomic E-state index is 12.7. The van der Waals surface area contributed by atoms with Gasteiger partial charge < -0.3 is 14.0 Å². The second-order valence-electron chi connectivity index (χ2n) is 10.0. The van der Waals surface area contributed by atoms with Crippen LogP contribution in [0.25, 0.3) is 22.5 Å². The van der Waals surface area contributed by atoms with Crippen molar-refractivity contribution in [3.63, 3.8) is 0 Å². The smallest absolute Gasteiger partial charge is 0.412 e. The van der Waals surface area contributed by atoms with Crippen LogP contribution in [-0.4, -0.2) is 23.8 Å². The summed E-state index contributed by atoms with van der Waals surface area (Å²) < 4.78 is 16.5. The molecule has 5 rings (SSSR count). The average molecular weight is 525 g/mol. The van der Waals surface area contributed by atoms with Crippen molar-refractivity contribution in [2.24, 2.45) is 0 Å². The molecule has 7 nitrogen and oxygen atoms in total. The fourth-order valence-corrected chi connectivity index (χ4v) is 4.80. The van der Waals surface area contributed by atoms with E-state index < -0.39 is 17.6 Å². The maximum atomic E-state index is 12.7. The summed E-state index contributed by atoms with van der Waals surface area (Å²) in [5.41, 5.74) is 6.39. The molecule has 1 saturated carbocycles. The highest BCUT2D eigenvalue weighted by Crippen LogP contribution is 2.49. The van der Waals surface area contributed by atoms with Crippen molar-refractivity contribution in [3.8, 4) is 22.5 Å². The van der Waals surface area contributed by atoms with Crippen molar-refractivity contribution >= 4 is 17.7 Å². The van der Waals surface area contributed by atoms with Gasteiger partial charge in [0.25, 0.3) is 0 Å². The van der Waals surface area contributed by atoms with E-state index in [0.29, 0.717) is 23.7 Å². The number of hydrogen-bond acceptors (Lipinski definition) is 6. The predicted octanol–water partition coefficient (Wildman–Crippen LogP) is 7.53. The molecule has 1 aliphatic carbocycles. The Labute approximate surface area is 228 Å². The standard InChI is InChI=1S/C32H32N2O5/c1-5-37-30(35)32(17-18-32)27-15-13-24(14-16-27)23-9-11-25(12-10-23)29-28(21(3)34-39-29)33-31(36)38-22(4)26-8-6-7-20(2)19-26/h6-16,19,22H,5,17-18H2,1-4H3,(H,33,36)/t22-/m1/s1. The summed E-state index contributed by atoms with van der Waals surface area (Å²) in [6, 6.07) is 23.8. The van der Waals surface area contributed by atoms with E-state index in [1.165, 1.54) is 0 Å². The molecular weight excluding hydrogens is 492 g/mol. The number of carbonyl (C=O) groups is 2. The van der Waals surface area contributed by atoms with Gasteiger partial charge in [0.05, 0.1) is 12.0 Å². The van der Waals surface area contributed by atoms with Gasteiger partial charge >= 0.3 is 12.1 Å². The molecule has 7 heteroatoms. The Bertz CT molecular complexity index is 1480. The summed E-state index contributed by atoms with van der Waals surface area (Å²) in [6.45, 7) is 7.83. The zero-order chi connectivity index (χ0) is 27.6. The van der Waals surface area contributed by atoms with Gasteiger partial charge in [-0.25, -0.2) is 4.79 Å². The molecule has 0 bridgehead atoms. The first kappa shape index (κ1) is 26.2. The van der Waals surface area contributed by atoms with Gasteiger partial charge in [0.15, 0.2) is 5.76 Å². The van der Waals surface area contributed by atoms with E-state index in [2.05, 4.69) is 10.5 Å². The molecule has 4 aromatic rings. The quantitative estimate of drug-likeness (QED) is 0.240. The number of hydrogen-bond donors (Lipinski definition) is 1. The number of anilines is 1. The van der Waals surface area contributed by atoms with Gasteiger partial charge in [-0.1, -0.05) is 83.5 Å². The van der Waals surface area contributed by atoms with Crippen molar-refractivity contribution in [2.45, 2.75) is 52.1 Å². The summed E-state index contributed by atoms with van der Waals surface area (Å²) >= 11 is 0. The molecule has 0 radical (unpaired) electrons. The number of nitrogens with one attached hydrogen (secondary N) is 1. The molecule has 0 saturated heterocycles. The summed E-state index contributed by atoms with van der Waals surface area (Å²) in [5.74, 6) is 0.321. The molecule has 1 fully saturated rings. The van der Waals surface area contributed by atoms with Crippen LogP contribution in [-0.2, 0) is 19.7 Å². The molecule has 39 heavy (non-hydrogen) atoms. The number of amides is 1. The Hall–Kier alpha value is -4.39. The molecule has 0 spiro atoms. The van der Waals surface area contributed by atoms with E-state index >= 15 is 0 Å². The Morgan fingerprint density at radius 1 is 0.974 bits per heavy atom. The summed E-state index contributed by atoms with van der Waals surface area (Å²) in [6.07, 6.45) is 0.659. The summed E-state index contributed by atoms with van der Waals surface area (Å²) in [5, 5.41) is 6.87. The molecule has 1 aliphatic rings. The molecule has 1 heterocycles. The zero-order valence-corrected chi connectivity index (χ0v) is 22.6. The van der Waals surface area contributed by atoms with E-state index in [-0.39, 0.29) is 5.97 Å². The first-order valence-electron chi connectivity index (χ1n) is 13.2. The van der Waals surface area contributed by atoms with Crippen molar-refractivity contribution in [3.05, 3.63) is 95.2 Å². The highest BCUT2D eigenvalue weighted by molar-refractivity contribution is 5.91. The van der Waals surface area contributed by atoms with Crippen LogP contribution in [0.3, 0.4) is 0 Å². The van der Waals surface area contributed by atoms with E-state index in [0.717, 1.165) is 46.2 Å². The van der Waals surface area contributed by atoms with Crippen LogP contribution < -0.4 is 5.32 Å². The maximum Gasteiger partial charge on any atom is 0.412 e. The van der Waals surface area contributed by atoms with Gasteiger partial charge in [-0.15, -0.1) is 0 Å². The predicted molar refractivity (Wildman–Crippen MR) is 149 cm³/mol. The number of benzene rings is 3. The highest BCUT2D eigenvalue weighted by Gasteiger charge is 2.52. The van der Waals surface area contributed by atoms with E-state index in [9.17, 15) is 9.59 Å². The number of ether oxygens (including phenoxy) is 2. The van der Waals surface area contributed by atoms with Gasteiger partial charge in [0.2, 0.25) is 0 Å². The minimum absolute atomic E-state index is 0.137. The van der Waals surface area contributed by atoms with Crippen LogP contribution in [0, 0.1) is 13.8 Å². The van der Waals surface area contributed by atoms with Gasteiger partial charge in [-0.05, 0) is 62.8 Å². The highest BCUT2D eigenvalue weighted by atomic mass is 16.6. The SMILES string of the molecule is CCOC(=O)C1(c2ccc(-c3ccc(-c4onc(C)c4NC(=O)O[C@H](C)c4cccc(C)c4)cc3)cc2)CC1. The van der Waals surface area contributed by atoms with Crippen LogP contribution in [0.1, 0.15) is 55.2 Å². The molecule has 1 aromatic heterocycles. The lowest BCUT2D eigenvalue weighted by atomic mass is 9.93. The summed E-state index contributed by atoms with van der Waals surface area (Å²) in [7, 11) is 0. The number of esters is 1. The Balaban J connectivity index is 1.28. The monoisotopic (exact) mass is 524 g/mol. The molecule has 200 valence electrons. The first-order chi connectivity index (χ1) is 18.8. The number of aromatic nitrogens is 1. The van der Waals surface area contributed by atoms with Crippen LogP contribution in [0.15, 0.2) is 77.3 Å². The number of nitrogens with zero attached hydrogens (tertiary/aromatic N) is 1. The van der Waals surface area contributed by atoms with E-state index in [1.807, 2.05) is 93.6 Å². The Kier molecular flexibility index (Phi) is 7.24. The van der Waals surface area contributed by atoms with E-state index in [4.69, 9.17) is 14.0 Å². The summed E-state index contributed by atoms with van der Waals surface area (Å²) in [4.78, 5) is 25.1. The molecule has 1 amide bonds. The molecule has 1 atom stereocenters. The van der Waals surface area contributed by atoms with Crippen LogP contribution in [0.2, 0.25) is 0 Å². The van der Waals surface area contributed by atoms with Crippen LogP contribution in [0.5, 0.6) is 0 Å². The van der Waals surface area contributed by atoms with Crippen molar-refractivity contribution in [1.82, 2.24) is 5.16 Å². The molecule has 3 aromatic carbocycles. The largest absolute Gasteiger partial charge is 0.465 e. The minimum Gasteiger partial charge on any atom is -0.465 e. The number of rotatable bonds is 8. The third-order valence-corrected chi connectivity index (χ3v) is 7.22. The number of carbonyl (C=O) groups excluding carboxylic acids is 2.